The topological polar surface area (TPSA) is 119 Å². The number of imide groups is 1. The Hall–Kier alpha value is -3.46. The Morgan fingerprint density at radius 1 is 1.16 bits per heavy atom. The van der Waals surface area contributed by atoms with Gasteiger partial charge in [-0.2, -0.15) is 0 Å². The average molecular weight is 446 g/mol. The fourth-order valence-electron chi connectivity index (χ4n) is 3.39. The molecule has 3 amide bonds. The van der Waals surface area contributed by atoms with Gasteiger partial charge in [0.1, 0.15) is 11.3 Å². The van der Waals surface area contributed by atoms with Gasteiger partial charge in [0.2, 0.25) is 5.91 Å². The van der Waals surface area contributed by atoms with Crippen LogP contribution in [0.1, 0.15) is 46.4 Å². The number of fused-ring (bicyclic) bond motifs is 1. The van der Waals surface area contributed by atoms with Crippen molar-refractivity contribution in [3.8, 4) is 5.75 Å². The first-order valence-corrected chi connectivity index (χ1v) is 9.98. The number of nitrogens with one attached hydrogen (secondary N) is 1. The molecule has 0 radical (unpaired) electrons. The molecule has 0 saturated heterocycles. The molecule has 1 aliphatic rings. The first-order valence-electron chi connectivity index (χ1n) is 9.60. The summed E-state index contributed by atoms with van der Waals surface area (Å²) in [5, 5.41) is 14.4. The summed E-state index contributed by atoms with van der Waals surface area (Å²) >= 11 is 5.95. The third kappa shape index (κ3) is 4.83. The van der Waals surface area contributed by atoms with E-state index in [2.05, 4.69) is 5.32 Å². The van der Waals surface area contributed by atoms with E-state index in [9.17, 15) is 24.5 Å². The SMILES string of the molecule is COc1ccc(Cl)cc1NC(=O)CCCCCN1C(=O)c2cccc([N+](=O)[O-])c2C1=O. The lowest BCUT2D eigenvalue weighted by Crippen LogP contribution is -2.30. The maximum absolute atomic E-state index is 12.5. The largest absolute Gasteiger partial charge is 0.495 e. The van der Waals surface area contributed by atoms with E-state index in [1.54, 1.807) is 18.2 Å². The van der Waals surface area contributed by atoms with Crippen LogP contribution in [0, 0.1) is 10.1 Å². The van der Waals surface area contributed by atoms with Gasteiger partial charge in [-0.15, -0.1) is 0 Å². The molecule has 2 aromatic carbocycles. The lowest BCUT2D eigenvalue weighted by Gasteiger charge is -2.13. The van der Waals surface area contributed by atoms with Crippen LogP contribution in [-0.4, -0.2) is 41.2 Å². The Morgan fingerprint density at radius 2 is 1.94 bits per heavy atom. The van der Waals surface area contributed by atoms with Crippen molar-refractivity contribution < 1.29 is 24.0 Å². The van der Waals surface area contributed by atoms with Crippen molar-refractivity contribution in [2.75, 3.05) is 19.0 Å². The van der Waals surface area contributed by atoms with Crippen molar-refractivity contribution in [3.05, 3.63) is 62.7 Å². The molecule has 1 heterocycles. The Labute approximate surface area is 183 Å². The summed E-state index contributed by atoms with van der Waals surface area (Å²) < 4.78 is 5.19. The standard InChI is InChI=1S/C21H20ClN3O6/c1-31-17-10-9-13(22)12-15(17)23-18(26)8-3-2-4-11-24-20(27)14-6-5-7-16(25(29)30)19(14)21(24)28/h5-7,9-10,12H,2-4,8,11H2,1H3,(H,23,26). The lowest BCUT2D eigenvalue weighted by molar-refractivity contribution is -0.385. The van der Waals surface area contributed by atoms with Crippen LogP contribution in [0.25, 0.3) is 0 Å². The van der Waals surface area contributed by atoms with Crippen LogP contribution in [0.4, 0.5) is 11.4 Å². The van der Waals surface area contributed by atoms with Crippen molar-refractivity contribution in [2.24, 2.45) is 0 Å². The van der Waals surface area contributed by atoms with Crippen LogP contribution in [-0.2, 0) is 4.79 Å². The molecule has 0 atom stereocenters. The van der Waals surface area contributed by atoms with Crippen LogP contribution < -0.4 is 10.1 Å². The zero-order chi connectivity index (χ0) is 22.5. The van der Waals surface area contributed by atoms with Crippen molar-refractivity contribution in [1.29, 1.82) is 0 Å². The number of anilines is 1. The van der Waals surface area contributed by atoms with Gasteiger partial charge in [-0.1, -0.05) is 24.1 Å². The van der Waals surface area contributed by atoms with E-state index in [1.165, 1.54) is 25.3 Å². The van der Waals surface area contributed by atoms with Crippen LogP contribution in [0.3, 0.4) is 0 Å². The number of nitro groups is 1. The Kier molecular flexibility index (Phi) is 6.86. The summed E-state index contributed by atoms with van der Waals surface area (Å²) in [6.45, 7) is 0.132. The number of hydrogen-bond acceptors (Lipinski definition) is 6. The van der Waals surface area contributed by atoms with Gasteiger partial charge in [-0.05, 0) is 37.1 Å². The molecule has 10 heteroatoms. The molecule has 1 N–H and O–H groups in total. The molecule has 0 unspecified atom stereocenters. The molecule has 0 bridgehead atoms. The van der Waals surface area contributed by atoms with E-state index in [4.69, 9.17) is 16.3 Å². The summed E-state index contributed by atoms with van der Waals surface area (Å²) in [5.41, 5.74) is 0.000442. The van der Waals surface area contributed by atoms with Crippen molar-refractivity contribution >= 4 is 40.7 Å². The highest BCUT2D eigenvalue weighted by atomic mass is 35.5. The maximum Gasteiger partial charge on any atom is 0.282 e. The smallest absolute Gasteiger partial charge is 0.282 e. The number of unbranched alkanes of at least 4 members (excludes halogenated alkanes) is 2. The Bertz CT molecular complexity index is 1060. The number of amides is 3. The highest BCUT2D eigenvalue weighted by Crippen LogP contribution is 2.31. The molecule has 1 aliphatic heterocycles. The molecule has 2 aromatic rings. The predicted molar refractivity (Wildman–Crippen MR) is 114 cm³/mol. The second-order valence-corrected chi connectivity index (χ2v) is 7.36. The van der Waals surface area contributed by atoms with Gasteiger partial charge in [0.05, 0.1) is 23.3 Å². The third-order valence-corrected chi connectivity index (χ3v) is 5.13. The maximum atomic E-state index is 12.5. The van der Waals surface area contributed by atoms with E-state index in [-0.39, 0.29) is 35.7 Å². The molecule has 0 fully saturated rings. The van der Waals surface area contributed by atoms with Crippen molar-refractivity contribution in [1.82, 2.24) is 4.90 Å². The molecule has 31 heavy (non-hydrogen) atoms. The van der Waals surface area contributed by atoms with Gasteiger partial charge in [0.25, 0.3) is 17.5 Å². The number of nitrogens with zero attached hydrogens (tertiary/aromatic N) is 2. The van der Waals surface area contributed by atoms with E-state index in [0.29, 0.717) is 35.7 Å². The Balaban J connectivity index is 1.48. The lowest BCUT2D eigenvalue weighted by atomic mass is 10.1. The molecule has 3 rings (SSSR count). The van der Waals surface area contributed by atoms with Gasteiger partial charge in [0.15, 0.2) is 0 Å². The quantitative estimate of drug-likeness (QED) is 0.269. The molecule has 9 nitrogen and oxygen atoms in total. The molecule has 0 saturated carbocycles. The fraction of sp³-hybridized carbons (Fsp3) is 0.286. The van der Waals surface area contributed by atoms with E-state index >= 15 is 0 Å². The van der Waals surface area contributed by atoms with Crippen LogP contribution in [0.2, 0.25) is 5.02 Å². The summed E-state index contributed by atoms with van der Waals surface area (Å²) in [7, 11) is 1.49. The second-order valence-electron chi connectivity index (χ2n) is 6.92. The highest BCUT2D eigenvalue weighted by molar-refractivity contribution is 6.31. The van der Waals surface area contributed by atoms with Crippen LogP contribution in [0.15, 0.2) is 36.4 Å². The van der Waals surface area contributed by atoms with E-state index in [1.807, 2.05) is 0 Å². The number of carbonyl (C=O) groups is 3. The van der Waals surface area contributed by atoms with Gasteiger partial charge >= 0.3 is 0 Å². The summed E-state index contributed by atoms with van der Waals surface area (Å²) in [4.78, 5) is 48.6. The molecule has 162 valence electrons. The van der Waals surface area contributed by atoms with Crippen molar-refractivity contribution in [3.63, 3.8) is 0 Å². The molecule has 0 aliphatic carbocycles. The van der Waals surface area contributed by atoms with Crippen LogP contribution in [0.5, 0.6) is 5.75 Å². The minimum absolute atomic E-state index is 0.0500. The number of methoxy groups -OCH3 is 1. The summed E-state index contributed by atoms with van der Waals surface area (Å²) in [5.74, 6) is -0.901. The number of hydrogen-bond donors (Lipinski definition) is 1. The van der Waals surface area contributed by atoms with E-state index in [0.717, 1.165) is 4.90 Å². The molecular weight excluding hydrogens is 426 g/mol. The number of carbonyl (C=O) groups excluding carboxylic acids is 3. The first-order chi connectivity index (χ1) is 14.8. The third-order valence-electron chi connectivity index (χ3n) is 4.89. The van der Waals surface area contributed by atoms with Gasteiger partial charge in [0, 0.05) is 24.1 Å². The zero-order valence-electron chi connectivity index (χ0n) is 16.7. The van der Waals surface area contributed by atoms with E-state index < -0.39 is 16.7 Å². The Morgan fingerprint density at radius 3 is 2.65 bits per heavy atom. The highest BCUT2D eigenvalue weighted by Gasteiger charge is 2.40. The molecular formula is C21H20ClN3O6. The predicted octanol–water partition coefficient (Wildman–Crippen LogP) is 4.05. The van der Waals surface area contributed by atoms with Gasteiger partial charge in [-0.3, -0.25) is 29.4 Å². The van der Waals surface area contributed by atoms with Gasteiger partial charge in [-0.25, -0.2) is 0 Å². The number of rotatable bonds is 9. The average Bonchev–Trinajstić information content (AvgIpc) is 2.98. The minimum atomic E-state index is -0.666. The van der Waals surface area contributed by atoms with Crippen molar-refractivity contribution in [2.45, 2.75) is 25.7 Å². The normalized spacial score (nSPS) is 12.6. The number of halogens is 1. The molecule has 0 aromatic heterocycles. The molecule has 0 spiro atoms. The summed E-state index contributed by atoms with van der Waals surface area (Å²) in [6.07, 6.45) is 1.85. The van der Waals surface area contributed by atoms with Gasteiger partial charge < -0.3 is 10.1 Å². The number of ether oxygens (including phenoxy) is 1. The van der Waals surface area contributed by atoms with Crippen LogP contribution >= 0.6 is 11.6 Å². The summed E-state index contributed by atoms with van der Waals surface area (Å²) in [6, 6.07) is 8.92. The fourth-order valence-corrected chi connectivity index (χ4v) is 3.57. The number of benzene rings is 2. The zero-order valence-corrected chi connectivity index (χ0v) is 17.5. The second kappa shape index (κ2) is 9.57. The monoisotopic (exact) mass is 445 g/mol. The minimum Gasteiger partial charge on any atom is -0.495 e. The number of nitro benzene ring substituents is 1. The first kappa shape index (κ1) is 22.2.